The summed E-state index contributed by atoms with van der Waals surface area (Å²) in [5.41, 5.74) is 3.72. The highest BCUT2D eigenvalue weighted by Crippen LogP contribution is 2.10. The molecule has 20 heavy (non-hydrogen) atoms. The van der Waals surface area contributed by atoms with Crippen LogP contribution in [0.5, 0.6) is 0 Å². The summed E-state index contributed by atoms with van der Waals surface area (Å²) < 4.78 is 0. The smallest absolute Gasteiger partial charge is 0.251 e. The second-order valence-electron chi connectivity index (χ2n) is 4.80. The predicted octanol–water partition coefficient (Wildman–Crippen LogP) is 2.67. The number of hydrogen-bond acceptors (Lipinski definition) is 3. The molecule has 1 heterocycles. The van der Waals surface area contributed by atoms with Crippen molar-refractivity contribution in [2.24, 2.45) is 0 Å². The number of carbonyl (C=O) groups is 1. The largest absolute Gasteiger partial charge is 0.373 e. The van der Waals surface area contributed by atoms with Crippen molar-refractivity contribution in [1.29, 1.82) is 0 Å². The molecule has 4 nitrogen and oxygen atoms in total. The first-order chi connectivity index (χ1) is 9.58. The highest BCUT2D eigenvalue weighted by atomic mass is 16.1. The molecule has 4 heteroatoms. The van der Waals surface area contributed by atoms with E-state index in [2.05, 4.69) is 21.7 Å². The van der Waals surface area contributed by atoms with Crippen LogP contribution in [0.3, 0.4) is 0 Å². The highest BCUT2D eigenvalue weighted by Gasteiger charge is 2.08. The first-order valence-electron chi connectivity index (χ1n) is 6.58. The minimum atomic E-state index is -0.0893. The number of nitrogens with zero attached hydrogens (tertiary/aromatic N) is 1. The zero-order valence-corrected chi connectivity index (χ0v) is 12.0. The Kier molecular flexibility index (Phi) is 4.35. The molecule has 0 aliphatic carbocycles. The summed E-state index contributed by atoms with van der Waals surface area (Å²) in [4.78, 5) is 16.4. The van der Waals surface area contributed by atoms with Crippen molar-refractivity contribution in [2.75, 3.05) is 12.4 Å². The third-order valence-corrected chi connectivity index (χ3v) is 3.01. The normalized spacial score (nSPS) is 10.2. The van der Waals surface area contributed by atoms with Gasteiger partial charge in [0.2, 0.25) is 0 Å². The monoisotopic (exact) mass is 269 g/mol. The van der Waals surface area contributed by atoms with E-state index in [1.54, 1.807) is 19.2 Å². The first-order valence-corrected chi connectivity index (χ1v) is 6.58. The first kappa shape index (κ1) is 14.1. The lowest BCUT2D eigenvalue weighted by atomic mass is 10.1. The van der Waals surface area contributed by atoms with E-state index < -0.39 is 0 Å². The molecule has 0 unspecified atom stereocenters. The van der Waals surface area contributed by atoms with Crippen molar-refractivity contribution in [3.8, 4) is 0 Å². The fourth-order valence-corrected chi connectivity index (χ4v) is 2.03. The summed E-state index contributed by atoms with van der Waals surface area (Å²) in [6.45, 7) is 4.44. The van der Waals surface area contributed by atoms with E-state index in [0.29, 0.717) is 17.9 Å². The molecule has 2 aromatic rings. The summed E-state index contributed by atoms with van der Waals surface area (Å²) in [7, 11) is 1.79. The van der Waals surface area contributed by atoms with Crippen LogP contribution in [0.15, 0.2) is 36.4 Å². The van der Waals surface area contributed by atoms with E-state index in [4.69, 9.17) is 0 Å². The van der Waals surface area contributed by atoms with Crippen molar-refractivity contribution in [3.05, 3.63) is 58.8 Å². The topological polar surface area (TPSA) is 54.0 Å². The third-order valence-electron chi connectivity index (χ3n) is 3.01. The minimum Gasteiger partial charge on any atom is -0.373 e. The lowest BCUT2D eigenvalue weighted by molar-refractivity contribution is 0.0950. The Labute approximate surface area is 119 Å². The molecule has 104 valence electrons. The van der Waals surface area contributed by atoms with Gasteiger partial charge in [0.25, 0.3) is 5.91 Å². The second kappa shape index (κ2) is 6.19. The molecule has 0 saturated heterocycles. The van der Waals surface area contributed by atoms with Crippen molar-refractivity contribution >= 4 is 11.7 Å². The van der Waals surface area contributed by atoms with Crippen LogP contribution >= 0.6 is 0 Å². The maximum atomic E-state index is 12.2. The van der Waals surface area contributed by atoms with Gasteiger partial charge < -0.3 is 10.6 Å². The van der Waals surface area contributed by atoms with Gasteiger partial charge in [0.15, 0.2) is 0 Å². The maximum absolute atomic E-state index is 12.2. The number of carbonyl (C=O) groups excluding carboxylic acids is 1. The lowest BCUT2D eigenvalue weighted by Gasteiger charge is -2.08. The van der Waals surface area contributed by atoms with Crippen LogP contribution < -0.4 is 10.6 Å². The zero-order chi connectivity index (χ0) is 14.5. The summed E-state index contributed by atoms with van der Waals surface area (Å²) in [6, 6.07) is 11.6. The molecule has 0 spiro atoms. The Balaban J connectivity index is 2.07. The Morgan fingerprint density at radius 2 is 2.00 bits per heavy atom. The molecule has 0 radical (unpaired) electrons. The van der Waals surface area contributed by atoms with Gasteiger partial charge in [0.05, 0.1) is 0 Å². The molecule has 0 fully saturated rings. The summed E-state index contributed by atoms with van der Waals surface area (Å²) in [6.07, 6.45) is 0. The van der Waals surface area contributed by atoms with Gasteiger partial charge in [-0.05, 0) is 31.5 Å². The van der Waals surface area contributed by atoms with Crippen molar-refractivity contribution in [1.82, 2.24) is 10.3 Å². The molecular weight excluding hydrogens is 250 g/mol. The number of aromatic nitrogens is 1. The fourth-order valence-electron chi connectivity index (χ4n) is 2.03. The van der Waals surface area contributed by atoms with Crippen molar-refractivity contribution in [3.63, 3.8) is 0 Å². The SMILES string of the molecule is CNc1cc(C(=O)NCc2cccc(C)c2)cc(C)n1. The van der Waals surface area contributed by atoms with Crippen molar-refractivity contribution in [2.45, 2.75) is 20.4 Å². The van der Waals surface area contributed by atoms with Crippen LogP contribution in [0.4, 0.5) is 5.82 Å². The minimum absolute atomic E-state index is 0.0893. The van der Waals surface area contributed by atoms with E-state index in [1.165, 1.54) is 5.56 Å². The Bertz CT molecular complexity index is 623. The fraction of sp³-hybridized carbons (Fsp3) is 0.250. The predicted molar refractivity (Wildman–Crippen MR) is 80.9 cm³/mol. The lowest BCUT2D eigenvalue weighted by Crippen LogP contribution is -2.23. The van der Waals surface area contributed by atoms with Crippen LogP contribution in [0.2, 0.25) is 0 Å². The summed E-state index contributed by atoms with van der Waals surface area (Å²) >= 11 is 0. The van der Waals surface area contributed by atoms with Gasteiger partial charge in [-0.15, -0.1) is 0 Å². The van der Waals surface area contributed by atoms with Crippen molar-refractivity contribution < 1.29 is 4.79 Å². The van der Waals surface area contributed by atoms with Crippen LogP contribution in [-0.2, 0) is 6.54 Å². The maximum Gasteiger partial charge on any atom is 0.251 e. The summed E-state index contributed by atoms with van der Waals surface area (Å²) in [5.74, 6) is 0.610. The second-order valence-corrected chi connectivity index (χ2v) is 4.80. The van der Waals surface area contributed by atoms with Gasteiger partial charge in [0, 0.05) is 24.8 Å². The quantitative estimate of drug-likeness (QED) is 0.897. The van der Waals surface area contributed by atoms with Gasteiger partial charge in [-0.3, -0.25) is 4.79 Å². The van der Waals surface area contributed by atoms with Gasteiger partial charge in [-0.2, -0.15) is 0 Å². The van der Waals surface area contributed by atoms with E-state index in [-0.39, 0.29) is 5.91 Å². The number of hydrogen-bond donors (Lipinski definition) is 2. The van der Waals surface area contributed by atoms with E-state index in [0.717, 1.165) is 11.3 Å². The number of nitrogens with one attached hydrogen (secondary N) is 2. The van der Waals surface area contributed by atoms with E-state index in [1.807, 2.05) is 32.0 Å². The number of aryl methyl sites for hydroxylation is 2. The molecule has 2 rings (SSSR count). The molecule has 0 atom stereocenters. The van der Waals surface area contributed by atoms with E-state index >= 15 is 0 Å². The molecule has 1 amide bonds. The number of benzene rings is 1. The number of amides is 1. The average Bonchev–Trinajstić information content (AvgIpc) is 2.44. The zero-order valence-electron chi connectivity index (χ0n) is 12.0. The van der Waals surface area contributed by atoms with Crippen LogP contribution in [0.1, 0.15) is 27.2 Å². The summed E-state index contributed by atoms with van der Waals surface area (Å²) in [5, 5.41) is 5.88. The van der Waals surface area contributed by atoms with Crippen LogP contribution in [0, 0.1) is 13.8 Å². The third kappa shape index (κ3) is 3.57. The van der Waals surface area contributed by atoms with E-state index in [9.17, 15) is 4.79 Å². The molecule has 0 aliphatic rings. The number of rotatable bonds is 4. The van der Waals surface area contributed by atoms with Crippen LogP contribution in [0.25, 0.3) is 0 Å². The average molecular weight is 269 g/mol. The van der Waals surface area contributed by atoms with Crippen LogP contribution in [-0.4, -0.2) is 17.9 Å². The Morgan fingerprint density at radius 3 is 2.70 bits per heavy atom. The highest BCUT2D eigenvalue weighted by molar-refractivity contribution is 5.94. The van der Waals surface area contributed by atoms with Gasteiger partial charge in [-0.1, -0.05) is 29.8 Å². The number of anilines is 1. The Morgan fingerprint density at radius 1 is 1.20 bits per heavy atom. The molecule has 0 aliphatic heterocycles. The van der Waals surface area contributed by atoms with Gasteiger partial charge in [0.1, 0.15) is 5.82 Å². The molecule has 1 aromatic carbocycles. The molecule has 1 aromatic heterocycles. The van der Waals surface area contributed by atoms with Gasteiger partial charge in [-0.25, -0.2) is 4.98 Å². The standard InChI is InChI=1S/C16H19N3O/c1-11-5-4-6-13(7-11)10-18-16(20)14-8-12(2)19-15(9-14)17-3/h4-9H,10H2,1-3H3,(H,17,19)(H,18,20). The molecular formula is C16H19N3O. The molecule has 0 saturated carbocycles. The molecule has 0 bridgehead atoms. The Hall–Kier alpha value is -2.36. The van der Waals surface area contributed by atoms with Gasteiger partial charge >= 0.3 is 0 Å². The number of pyridine rings is 1. The molecule has 2 N–H and O–H groups in total.